The van der Waals surface area contributed by atoms with Gasteiger partial charge in [-0.05, 0) is 23.8 Å². The predicted octanol–water partition coefficient (Wildman–Crippen LogP) is 2.73. The first-order valence-corrected chi connectivity index (χ1v) is 5.78. The first kappa shape index (κ1) is 13.0. The lowest BCUT2D eigenvalue weighted by Crippen LogP contribution is -2.01. The Kier molecular flexibility index (Phi) is 3.71. The van der Waals surface area contributed by atoms with Crippen molar-refractivity contribution in [2.45, 2.75) is 0 Å². The van der Waals surface area contributed by atoms with Crippen LogP contribution in [0, 0.1) is 0 Å². The maximum Gasteiger partial charge on any atom is 0.337 e. The molecule has 2 rings (SSSR count). The molecule has 0 saturated carbocycles. The number of anilines is 1. The largest absolute Gasteiger partial charge is 0.494 e. The Bertz CT molecular complexity index is 608. The highest BCUT2D eigenvalue weighted by Crippen LogP contribution is 2.34. The van der Waals surface area contributed by atoms with E-state index in [0.717, 1.165) is 11.1 Å². The average molecular weight is 257 g/mol. The second kappa shape index (κ2) is 5.44. The van der Waals surface area contributed by atoms with Crippen molar-refractivity contribution in [2.75, 3.05) is 20.0 Å². The van der Waals surface area contributed by atoms with Crippen LogP contribution >= 0.6 is 0 Å². The molecule has 0 radical (unpaired) electrons. The van der Waals surface area contributed by atoms with Crippen LogP contribution < -0.4 is 10.5 Å². The van der Waals surface area contributed by atoms with Crippen molar-refractivity contribution in [3.63, 3.8) is 0 Å². The van der Waals surface area contributed by atoms with Gasteiger partial charge >= 0.3 is 5.97 Å². The van der Waals surface area contributed by atoms with Crippen LogP contribution in [0.1, 0.15) is 10.4 Å². The summed E-state index contributed by atoms with van der Waals surface area (Å²) >= 11 is 0. The number of ether oxygens (including phenoxy) is 2. The van der Waals surface area contributed by atoms with Gasteiger partial charge in [0.25, 0.3) is 0 Å². The molecule has 0 amide bonds. The van der Waals surface area contributed by atoms with Crippen molar-refractivity contribution in [1.82, 2.24) is 0 Å². The van der Waals surface area contributed by atoms with Crippen LogP contribution in [0.3, 0.4) is 0 Å². The highest BCUT2D eigenvalue weighted by molar-refractivity contribution is 5.91. The molecule has 2 aromatic carbocycles. The number of rotatable bonds is 3. The van der Waals surface area contributed by atoms with Gasteiger partial charge in [-0.3, -0.25) is 0 Å². The summed E-state index contributed by atoms with van der Waals surface area (Å²) < 4.78 is 10.0. The minimum atomic E-state index is -0.371. The van der Waals surface area contributed by atoms with Gasteiger partial charge in [0.1, 0.15) is 5.75 Å². The van der Waals surface area contributed by atoms with E-state index in [-0.39, 0.29) is 5.97 Å². The monoisotopic (exact) mass is 257 g/mol. The lowest BCUT2D eigenvalue weighted by atomic mass is 10.0. The van der Waals surface area contributed by atoms with E-state index in [1.165, 1.54) is 7.11 Å². The van der Waals surface area contributed by atoms with Gasteiger partial charge in [0.2, 0.25) is 0 Å². The number of nitrogens with two attached hydrogens (primary N) is 1. The molecule has 0 aliphatic rings. The second-order valence-electron chi connectivity index (χ2n) is 4.00. The highest BCUT2D eigenvalue weighted by Gasteiger charge is 2.11. The first-order valence-electron chi connectivity index (χ1n) is 5.78. The van der Waals surface area contributed by atoms with Gasteiger partial charge < -0.3 is 15.2 Å². The third-order valence-electron chi connectivity index (χ3n) is 2.84. The van der Waals surface area contributed by atoms with Crippen molar-refractivity contribution < 1.29 is 14.3 Å². The molecular formula is C15H15NO3. The van der Waals surface area contributed by atoms with Crippen molar-refractivity contribution in [1.29, 1.82) is 0 Å². The summed E-state index contributed by atoms with van der Waals surface area (Å²) in [7, 11) is 2.93. The number of esters is 1. The van der Waals surface area contributed by atoms with Crippen molar-refractivity contribution in [2.24, 2.45) is 0 Å². The van der Waals surface area contributed by atoms with E-state index >= 15 is 0 Å². The van der Waals surface area contributed by atoms with Crippen molar-refractivity contribution in [3.8, 4) is 16.9 Å². The van der Waals surface area contributed by atoms with E-state index in [4.69, 9.17) is 15.2 Å². The Morgan fingerprint density at radius 3 is 2.53 bits per heavy atom. The quantitative estimate of drug-likeness (QED) is 0.678. The molecule has 4 heteroatoms. The molecule has 98 valence electrons. The molecule has 4 nitrogen and oxygen atoms in total. The van der Waals surface area contributed by atoms with E-state index in [1.807, 2.05) is 18.2 Å². The number of hydrogen-bond acceptors (Lipinski definition) is 4. The molecule has 0 aliphatic heterocycles. The Morgan fingerprint density at radius 2 is 1.84 bits per heavy atom. The topological polar surface area (TPSA) is 61.5 Å². The lowest BCUT2D eigenvalue weighted by Gasteiger charge is -2.11. The Hall–Kier alpha value is -2.49. The molecule has 2 N–H and O–H groups in total. The zero-order chi connectivity index (χ0) is 13.8. The minimum Gasteiger partial charge on any atom is -0.494 e. The Morgan fingerprint density at radius 1 is 1.11 bits per heavy atom. The highest BCUT2D eigenvalue weighted by atomic mass is 16.5. The third-order valence-corrected chi connectivity index (χ3v) is 2.84. The number of carbonyl (C=O) groups is 1. The van der Waals surface area contributed by atoms with Gasteiger partial charge in [-0.25, -0.2) is 4.79 Å². The smallest absolute Gasteiger partial charge is 0.337 e. The summed E-state index contributed by atoms with van der Waals surface area (Å²) in [6.45, 7) is 0. The van der Waals surface area contributed by atoms with Gasteiger partial charge in [-0.15, -0.1) is 0 Å². The van der Waals surface area contributed by atoms with Crippen LogP contribution in [-0.4, -0.2) is 20.2 Å². The van der Waals surface area contributed by atoms with Crippen molar-refractivity contribution in [3.05, 3.63) is 48.0 Å². The van der Waals surface area contributed by atoms with Gasteiger partial charge in [-0.2, -0.15) is 0 Å². The summed E-state index contributed by atoms with van der Waals surface area (Å²) in [6.07, 6.45) is 0. The van der Waals surface area contributed by atoms with E-state index in [2.05, 4.69) is 0 Å². The molecule has 0 atom stereocenters. The maximum absolute atomic E-state index is 11.5. The number of methoxy groups -OCH3 is 2. The summed E-state index contributed by atoms with van der Waals surface area (Å²) in [5.74, 6) is 0.231. The molecule has 2 aromatic rings. The van der Waals surface area contributed by atoms with E-state index in [1.54, 1.807) is 31.4 Å². The summed E-state index contributed by atoms with van der Waals surface area (Å²) in [5.41, 5.74) is 8.62. The molecule has 0 bridgehead atoms. The average Bonchev–Trinajstić information content (AvgIpc) is 2.46. The molecule has 0 fully saturated rings. The Labute approximate surface area is 111 Å². The minimum absolute atomic E-state index is 0.371. The number of para-hydroxylation sites is 1. The van der Waals surface area contributed by atoms with Crippen LogP contribution in [0.15, 0.2) is 42.5 Å². The van der Waals surface area contributed by atoms with E-state index in [0.29, 0.717) is 17.0 Å². The SMILES string of the molecule is COC(=O)c1cccc(-c2cccc(N)c2OC)c1. The normalized spacial score (nSPS) is 10.0. The predicted molar refractivity (Wildman–Crippen MR) is 74.2 cm³/mol. The van der Waals surface area contributed by atoms with Crippen LogP contribution in [-0.2, 0) is 4.74 Å². The fourth-order valence-corrected chi connectivity index (χ4v) is 1.94. The fraction of sp³-hybridized carbons (Fsp3) is 0.133. The number of nitrogen functional groups attached to an aromatic ring is 1. The molecule has 19 heavy (non-hydrogen) atoms. The zero-order valence-electron chi connectivity index (χ0n) is 10.8. The molecule has 0 heterocycles. The maximum atomic E-state index is 11.5. The summed E-state index contributed by atoms with van der Waals surface area (Å²) in [5, 5.41) is 0. The van der Waals surface area contributed by atoms with Gasteiger partial charge in [-0.1, -0.05) is 24.3 Å². The molecule has 0 unspecified atom stereocenters. The van der Waals surface area contributed by atoms with Crippen LogP contribution in [0.4, 0.5) is 5.69 Å². The molecular weight excluding hydrogens is 242 g/mol. The summed E-state index contributed by atoms with van der Waals surface area (Å²) in [4.78, 5) is 11.5. The summed E-state index contributed by atoms with van der Waals surface area (Å²) in [6, 6.07) is 12.7. The molecule has 0 aromatic heterocycles. The third kappa shape index (κ3) is 2.52. The van der Waals surface area contributed by atoms with E-state index in [9.17, 15) is 4.79 Å². The fourth-order valence-electron chi connectivity index (χ4n) is 1.94. The molecule has 0 saturated heterocycles. The van der Waals surface area contributed by atoms with Crippen LogP contribution in [0.5, 0.6) is 5.75 Å². The number of carbonyl (C=O) groups excluding carboxylic acids is 1. The second-order valence-corrected chi connectivity index (χ2v) is 4.00. The van der Waals surface area contributed by atoms with E-state index < -0.39 is 0 Å². The van der Waals surface area contributed by atoms with Gasteiger partial charge in [0.15, 0.2) is 0 Å². The van der Waals surface area contributed by atoms with Crippen LogP contribution in [0.25, 0.3) is 11.1 Å². The number of benzene rings is 2. The number of hydrogen-bond donors (Lipinski definition) is 1. The zero-order valence-corrected chi connectivity index (χ0v) is 10.8. The standard InChI is InChI=1S/C15H15NO3/c1-18-14-12(7-4-8-13(14)16)10-5-3-6-11(9-10)15(17)19-2/h3-9H,16H2,1-2H3. The molecule has 0 aliphatic carbocycles. The lowest BCUT2D eigenvalue weighted by molar-refractivity contribution is 0.0601. The Balaban J connectivity index is 2.53. The first-order chi connectivity index (χ1) is 9.17. The molecule has 0 spiro atoms. The van der Waals surface area contributed by atoms with Crippen LogP contribution in [0.2, 0.25) is 0 Å². The van der Waals surface area contributed by atoms with Gasteiger partial charge in [0.05, 0.1) is 25.5 Å². The van der Waals surface area contributed by atoms with Crippen molar-refractivity contribution >= 4 is 11.7 Å². The van der Waals surface area contributed by atoms with Gasteiger partial charge in [0, 0.05) is 5.56 Å².